The molecule has 0 unspecified atom stereocenters. The molecule has 0 spiro atoms. The summed E-state index contributed by atoms with van der Waals surface area (Å²) in [5.74, 6) is 0.923. The highest BCUT2D eigenvalue weighted by molar-refractivity contribution is 7.98. The predicted molar refractivity (Wildman–Crippen MR) is 116 cm³/mol. The molecule has 8 heteroatoms. The fourth-order valence-electron chi connectivity index (χ4n) is 2.67. The molecule has 0 fully saturated rings. The van der Waals surface area contributed by atoms with E-state index in [1.54, 1.807) is 23.3 Å². The quantitative estimate of drug-likeness (QED) is 0.428. The fourth-order valence-corrected chi connectivity index (χ4v) is 3.62. The van der Waals surface area contributed by atoms with Gasteiger partial charge in [-0.15, -0.1) is 10.2 Å². The summed E-state index contributed by atoms with van der Waals surface area (Å²) >= 11 is 7.44. The Morgan fingerprint density at radius 3 is 2.61 bits per heavy atom. The van der Waals surface area contributed by atoms with Crippen molar-refractivity contribution in [2.24, 2.45) is 5.10 Å². The molecule has 0 saturated carbocycles. The first-order valence-corrected chi connectivity index (χ1v) is 10.4. The molecule has 6 nitrogen and oxygen atoms in total. The number of aromatic nitrogens is 3. The van der Waals surface area contributed by atoms with Crippen LogP contribution in [0.2, 0.25) is 5.02 Å². The zero-order chi connectivity index (χ0) is 19.9. The van der Waals surface area contributed by atoms with Crippen LogP contribution < -0.4 is 4.90 Å². The maximum atomic E-state index is 10.3. The van der Waals surface area contributed by atoms with Crippen LogP contribution in [0.25, 0.3) is 0 Å². The van der Waals surface area contributed by atoms with E-state index in [1.165, 1.54) is 11.8 Å². The first kappa shape index (κ1) is 20.2. The molecule has 28 heavy (non-hydrogen) atoms. The molecular formula is C20H22ClN5OS. The van der Waals surface area contributed by atoms with Gasteiger partial charge < -0.3 is 10.0 Å². The maximum absolute atomic E-state index is 10.3. The van der Waals surface area contributed by atoms with Crippen molar-refractivity contribution in [2.45, 2.75) is 24.8 Å². The molecule has 3 aromatic rings. The van der Waals surface area contributed by atoms with Crippen molar-refractivity contribution in [3.8, 4) is 5.75 Å². The number of phenolic OH excluding ortho intramolecular Hbond substituents is 1. The number of rotatable bonds is 8. The van der Waals surface area contributed by atoms with Crippen molar-refractivity contribution in [3.05, 3.63) is 64.9 Å². The normalized spacial score (nSPS) is 11.2. The number of phenols is 1. The van der Waals surface area contributed by atoms with Gasteiger partial charge in [-0.3, -0.25) is 0 Å². The Kier molecular flexibility index (Phi) is 6.95. The summed E-state index contributed by atoms with van der Waals surface area (Å²) in [7, 11) is 0. The number of halogens is 1. The molecule has 0 bridgehead atoms. The molecule has 0 atom stereocenters. The highest BCUT2D eigenvalue weighted by Crippen LogP contribution is 2.24. The summed E-state index contributed by atoms with van der Waals surface area (Å²) in [5.41, 5.74) is 2.76. The van der Waals surface area contributed by atoms with Crippen molar-refractivity contribution in [3.63, 3.8) is 0 Å². The van der Waals surface area contributed by atoms with Gasteiger partial charge in [-0.25, -0.2) is 0 Å². The van der Waals surface area contributed by atoms with Gasteiger partial charge >= 0.3 is 0 Å². The first-order chi connectivity index (χ1) is 13.6. The van der Waals surface area contributed by atoms with E-state index in [4.69, 9.17) is 11.6 Å². The third-order valence-corrected chi connectivity index (χ3v) is 5.50. The Hall–Kier alpha value is -2.51. The standard InChI is InChI=1S/C20H22ClN5OS/c1-3-25(4-2)18-10-7-16(19(27)11-18)12-23-26-14-22-24-20(26)28-13-15-5-8-17(21)9-6-15/h5-12,14,27H,3-4,13H2,1-2H3/b23-12+. The monoisotopic (exact) mass is 415 g/mol. The third-order valence-electron chi connectivity index (χ3n) is 4.25. The molecule has 0 amide bonds. The van der Waals surface area contributed by atoms with Gasteiger partial charge in [0.05, 0.1) is 6.21 Å². The predicted octanol–water partition coefficient (Wildman–Crippen LogP) is 4.66. The fraction of sp³-hybridized carbons (Fsp3) is 0.250. The molecule has 0 aliphatic carbocycles. The lowest BCUT2D eigenvalue weighted by atomic mass is 10.2. The Morgan fingerprint density at radius 1 is 1.18 bits per heavy atom. The maximum Gasteiger partial charge on any atom is 0.212 e. The van der Waals surface area contributed by atoms with Crippen molar-refractivity contribution in [1.29, 1.82) is 0 Å². The van der Waals surface area contributed by atoms with E-state index in [0.717, 1.165) is 30.1 Å². The molecule has 1 heterocycles. The molecule has 1 aromatic heterocycles. The number of benzene rings is 2. The van der Waals surface area contributed by atoms with Crippen LogP contribution in [0.1, 0.15) is 25.0 Å². The van der Waals surface area contributed by atoms with Crippen LogP contribution in [-0.4, -0.2) is 39.3 Å². The van der Waals surface area contributed by atoms with Crippen LogP contribution in [0, 0.1) is 0 Å². The Labute approximate surface area is 173 Å². The zero-order valence-corrected chi connectivity index (χ0v) is 17.4. The highest BCUT2D eigenvalue weighted by atomic mass is 35.5. The van der Waals surface area contributed by atoms with Crippen LogP contribution >= 0.6 is 23.4 Å². The number of anilines is 1. The van der Waals surface area contributed by atoms with Crippen molar-refractivity contribution in [1.82, 2.24) is 14.9 Å². The van der Waals surface area contributed by atoms with E-state index >= 15 is 0 Å². The van der Waals surface area contributed by atoms with E-state index in [9.17, 15) is 5.11 Å². The lowest BCUT2D eigenvalue weighted by molar-refractivity contribution is 0.474. The van der Waals surface area contributed by atoms with Crippen molar-refractivity contribution in [2.75, 3.05) is 18.0 Å². The van der Waals surface area contributed by atoms with E-state index in [1.807, 2.05) is 36.4 Å². The third kappa shape index (κ3) is 5.05. The molecule has 3 rings (SSSR count). The molecule has 2 aromatic carbocycles. The summed E-state index contributed by atoms with van der Waals surface area (Å²) in [6.45, 7) is 5.95. The molecule has 0 aliphatic heterocycles. The largest absolute Gasteiger partial charge is 0.507 e. The van der Waals surface area contributed by atoms with Gasteiger partial charge in [0, 0.05) is 41.2 Å². The van der Waals surface area contributed by atoms with Gasteiger partial charge in [0.15, 0.2) is 0 Å². The molecule has 1 N–H and O–H groups in total. The SMILES string of the molecule is CCN(CC)c1ccc(/C=N/n2cnnc2SCc2ccc(Cl)cc2)c(O)c1. The van der Waals surface area contributed by atoms with E-state index < -0.39 is 0 Å². The second-order valence-corrected chi connectivity index (χ2v) is 7.41. The average Bonchev–Trinajstić information content (AvgIpc) is 3.15. The highest BCUT2D eigenvalue weighted by Gasteiger charge is 2.07. The average molecular weight is 416 g/mol. The number of nitrogens with zero attached hydrogens (tertiary/aromatic N) is 5. The van der Waals surface area contributed by atoms with Gasteiger partial charge in [0.25, 0.3) is 0 Å². The summed E-state index contributed by atoms with van der Waals surface area (Å²) in [6.07, 6.45) is 3.15. The molecular weight excluding hydrogens is 394 g/mol. The molecule has 0 aliphatic rings. The van der Waals surface area contributed by atoms with Gasteiger partial charge in [-0.1, -0.05) is 35.5 Å². The van der Waals surface area contributed by atoms with Gasteiger partial charge in [0.2, 0.25) is 5.16 Å². The minimum absolute atomic E-state index is 0.191. The number of aromatic hydroxyl groups is 1. The first-order valence-electron chi connectivity index (χ1n) is 9.00. The lowest BCUT2D eigenvalue weighted by Crippen LogP contribution is -2.21. The number of hydrogen-bond donors (Lipinski definition) is 1. The van der Waals surface area contributed by atoms with Gasteiger partial charge in [0.1, 0.15) is 12.1 Å². The molecule has 0 saturated heterocycles. The summed E-state index contributed by atoms with van der Waals surface area (Å²) < 4.78 is 1.60. The summed E-state index contributed by atoms with van der Waals surface area (Å²) in [4.78, 5) is 2.17. The van der Waals surface area contributed by atoms with Crippen molar-refractivity contribution < 1.29 is 5.11 Å². The van der Waals surface area contributed by atoms with E-state index in [0.29, 0.717) is 15.7 Å². The number of hydrogen-bond acceptors (Lipinski definition) is 6. The van der Waals surface area contributed by atoms with Crippen LogP contribution in [0.15, 0.2) is 59.0 Å². The smallest absolute Gasteiger partial charge is 0.212 e. The van der Waals surface area contributed by atoms with Gasteiger partial charge in [-0.2, -0.15) is 9.78 Å². The Bertz CT molecular complexity index is 938. The van der Waals surface area contributed by atoms with E-state index in [2.05, 4.69) is 34.0 Å². The molecule has 0 radical (unpaired) electrons. The van der Waals surface area contributed by atoms with Crippen LogP contribution in [-0.2, 0) is 5.75 Å². The Balaban J connectivity index is 1.69. The van der Waals surface area contributed by atoms with Crippen LogP contribution in [0.5, 0.6) is 5.75 Å². The van der Waals surface area contributed by atoms with Crippen molar-refractivity contribution >= 4 is 35.3 Å². The van der Waals surface area contributed by atoms with E-state index in [-0.39, 0.29) is 5.75 Å². The second kappa shape index (κ2) is 9.61. The molecule has 146 valence electrons. The lowest BCUT2D eigenvalue weighted by Gasteiger charge is -2.21. The Morgan fingerprint density at radius 2 is 1.93 bits per heavy atom. The zero-order valence-electron chi connectivity index (χ0n) is 15.8. The second-order valence-electron chi connectivity index (χ2n) is 6.03. The minimum atomic E-state index is 0.191. The minimum Gasteiger partial charge on any atom is -0.507 e. The van der Waals surface area contributed by atoms with Gasteiger partial charge in [-0.05, 0) is 43.7 Å². The topological polar surface area (TPSA) is 66.5 Å². The summed E-state index contributed by atoms with van der Waals surface area (Å²) in [6, 6.07) is 13.3. The van der Waals surface area contributed by atoms with Crippen LogP contribution in [0.3, 0.4) is 0 Å². The number of thioether (sulfide) groups is 1. The van der Waals surface area contributed by atoms with Crippen LogP contribution in [0.4, 0.5) is 5.69 Å². The summed E-state index contributed by atoms with van der Waals surface area (Å²) in [5, 5.41) is 24.1.